The number of rotatable bonds is 2. The Labute approximate surface area is 218 Å². The second-order valence-corrected chi connectivity index (χ2v) is 9.85. The highest BCUT2D eigenvalue weighted by atomic mass is 16.6. The SMILES string of the molecule is CO[C@@H]1CC[C@@H]2CCN(C)C(=O)C[C@@H](c3ccccc3)CN(C)C(=O)c3cccc(C#N)c3OC[C@H]1O2. The number of carbonyl (C=O) groups excluding carboxylic acids is 2. The van der Waals surface area contributed by atoms with Crippen molar-refractivity contribution in [3.05, 3.63) is 65.2 Å². The Morgan fingerprint density at radius 2 is 1.78 bits per heavy atom. The molecule has 0 aliphatic carbocycles. The van der Waals surface area contributed by atoms with E-state index in [1.54, 1.807) is 42.2 Å². The molecule has 2 heterocycles. The van der Waals surface area contributed by atoms with Crippen LogP contribution in [0.3, 0.4) is 0 Å². The molecule has 0 radical (unpaired) electrons. The first-order valence-corrected chi connectivity index (χ1v) is 12.8. The van der Waals surface area contributed by atoms with Crippen LogP contribution in [0.15, 0.2) is 48.5 Å². The number of carbonyl (C=O) groups is 2. The Hall–Kier alpha value is -3.41. The highest BCUT2D eigenvalue weighted by Crippen LogP contribution is 2.30. The first-order chi connectivity index (χ1) is 17.9. The Balaban J connectivity index is 1.70. The minimum Gasteiger partial charge on any atom is -0.489 e. The van der Waals surface area contributed by atoms with E-state index in [0.717, 1.165) is 18.4 Å². The molecule has 2 bridgehead atoms. The monoisotopic (exact) mass is 505 g/mol. The predicted molar refractivity (Wildman–Crippen MR) is 138 cm³/mol. The van der Waals surface area contributed by atoms with Crippen LogP contribution in [0.4, 0.5) is 0 Å². The predicted octanol–water partition coefficient (Wildman–Crippen LogP) is 3.61. The van der Waals surface area contributed by atoms with E-state index in [1.807, 2.05) is 37.4 Å². The van der Waals surface area contributed by atoms with Crippen molar-refractivity contribution in [2.45, 2.75) is 49.9 Å². The van der Waals surface area contributed by atoms with Crippen LogP contribution in [-0.4, -0.2) is 80.8 Å². The fourth-order valence-corrected chi connectivity index (χ4v) is 5.14. The molecule has 2 aromatic carbocycles. The van der Waals surface area contributed by atoms with Gasteiger partial charge in [0.1, 0.15) is 24.5 Å². The van der Waals surface area contributed by atoms with Gasteiger partial charge >= 0.3 is 0 Å². The summed E-state index contributed by atoms with van der Waals surface area (Å²) < 4.78 is 18.1. The molecular weight excluding hydrogens is 470 g/mol. The summed E-state index contributed by atoms with van der Waals surface area (Å²) in [5.41, 5.74) is 1.60. The number of methoxy groups -OCH3 is 1. The third-order valence-corrected chi connectivity index (χ3v) is 7.36. The molecule has 8 heteroatoms. The van der Waals surface area contributed by atoms with Gasteiger partial charge in [0.15, 0.2) is 0 Å². The molecule has 1 saturated heterocycles. The highest BCUT2D eigenvalue weighted by molar-refractivity contribution is 5.97. The molecule has 2 amide bonds. The average molecular weight is 506 g/mol. The number of amides is 2. The van der Waals surface area contributed by atoms with Gasteiger partial charge in [-0.1, -0.05) is 36.4 Å². The van der Waals surface area contributed by atoms with Gasteiger partial charge in [-0.05, 0) is 37.0 Å². The van der Waals surface area contributed by atoms with Crippen LogP contribution < -0.4 is 4.74 Å². The van der Waals surface area contributed by atoms with Gasteiger partial charge < -0.3 is 24.0 Å². The van der Waals surface area contributed by atoms with Gasteiger partial charge in [-0.25, -0.2) is 0 Å². The topological polar surface area (TPSA) is 92.1 Å². The zero-order valence-electron chi connectivity index (χ0n) is 21.8. The lowest BCUT2D eigenvalue weighted by Crippen LogP contribution is -2.45. The van der Waals surface area contributed by atoms with Crippen molar-refractivity contribution >= 4 is 11.8 Å². The largest absolute Gasteiger partial charge is 0.489 e. The van der Waals surface area contributed by atoms with E-state index < -0.39 is 0 Å². The van der Waals surface area contributed by atoms with Gasteiger partial charge in [0, 0.05) is 46.6 Å². The van der Waals surface area contributed by atoms with E-state index >= 15 is 0 Å². The molecule has 0 unspecified atom stereocenters. The molecule has 0 aromatic heterocycles. The van der Waals surface area contributed by atoms with Crippen molar-refractivity contribution in [3.63, 3.8) is 0 Å². The molecule has 1 fully saturated rings. The maximum absolute atomic E-state index is 13.6. The standard InChI is InChI=1S/C29H35N3O5/c1-31-15-14-23-12-13-25(35-3)26(37-23)19-36-28-21(17-30)10-7-11-24(28)29(34)32(2)18-22(16-27(31)33)20-8-5-4-6-9-20/h4-11,22-23,25-26H,12-16,18-19H2,1-3H3/t22-,23-,25-,26-/m1/s1. The summed E-state index contributed by atoms with van der Waals surface area (Å²) in [4.78, 5) is 30.2. The minimum atomic E-state index is -0.354. The number of ether oxygens (including phenoxy) is 3. The number of likely N-dealkylation sites (N-methyl/N-ethyl adjacent to an activating group) is 1. The normalized spacial score (nSPS) is 25.7. The van der Waals surface area contributed by atoms with Crippen LogP contribution in [0.2, 0.25) is 0 Å². The summed E-state index contributed by atoms with van der Waals surface area (Å²) in [7, 11) is 5.19. The summed E-state index contributed by atoms with van der Waals surface area (Å²) in [5.74, 6) is -0.174. The second-order valence-electron chi connectivity index (χ2n) is 9.85. The van der Waals surface area contributed by atoms with Crippen LogP contribution in [-0.2, 0) is 14.3 Å². The smallest absolute Gasteiger partial charge is 0.257 e. The number of para-hydroxylation sites is 1. The van der Waals surface area contributed by atoms with Crippen LogP contribution in [0, 0.1) is 11.3 Å². The lowest BCUT2D eigenvalue weighted by atomic mass is 9.94. The van der Waals surface area contributed by atoms with Crippen LogP contribution in [0.5, 0.6) is 5.75 Å². The quantitative estimate of drug-likeness (QED) is 0.619. The lowest BCUT2D eigenvalue weighted by Gasteiger charge is -2.36. The third kappa shape index (κ3) is 6.30. The fourth-order valence-electron chi connectivity index (χ4n) is 5.14. The maximum Gasteiger partial charge on any atom is 0.257 e. The summed E-state index contributed by atoms with van der Waals surface area (Å²) in [6, 6.07) is 16.9. The average Bonchev–Trinajstić information content (AvgIpc) is 2.93. The molecule has 8 nitrogen and oxygen atoms in total. The van der Waals surface area contributed by atoms with Crippen molar-refractivity contribution in [1.29, 1.82) is 5.26 Å². The van der Waals surface area contributed by atoms with Crippen molar-refractivity contribution in [3.8, 4) is 11.8 Å². The first-order valence-electron chi connectivity index (χ1n) is 12.8. The number of hydrogen-bond donors (Lipinski definition) is 0. The molecular formula is C29H35N3O5. The number of hydrogen-bond acceptors (Lipinski definition) is 6. The van der Waals surface area contributed by atoms with Gasteiger partial charge in [0.25, 0.3) is 5.91 Å². The molecule has 2 aliphatic heterocycles. The van der Waals surface area contributed by atoms with Gasteiger partial charge in [-0.2, -0.15) is 5.26 Å². The Kier molecular flexibility index (Phi) is 8.80. The van der Waals surface area contributed by atoms with E-state index in [9.17, 15) is 14.9 Å². The van der Waals surface area contributed by atoms with E-state index in [-0.39, 0.29) is 60.4 Å². The summed E-state index contributed by atoms with van der Waals surface area (Å²) >= 11 is 0. The van der Waals surface area contributed by atoms with Crippen LogP contribution >= 0.6 is 0 Å². The lowest BCUT2D eigenvalue weighted by molar-refractivity contribution is -0.145. The molecule has 0 saturated carbocycles. The van der Waals surface area contributed by atoms with E-state index in [0.29, 0.717) is 25.1 Å². The van der Waals surface area contributed by atoms with E-state index in [2.05, 4.69) is 6.07 Å². The Morgan fingerprint density at radius 1 is 1.00 bits per heavy atom. The van der Waals surface area contributed by atoms with E-state index in [1.165, 1.54) is 0 Å². The maximum atomic E-state index is 13.6. The van der Waals surface area contributed by atoms with Crippen molar-refractivity contribution < 1.29 is 23.8 Å². The molecule has 2 aliphatic rings. The number of nitrogens with zero attached hydrogens (tertiary/aromatic N) is 3. The van der Waals surface area contributed by atoms with Crippen molar-refractivity contribution in [2.24, 2.45) is 0 Å². The van der Waals surface area contributed by atoms with Crippen molar-refractivity contribution in [1.82, 2.24) is 9.80 Å². The number of fused-ring (bicyclic) bond motifs is 3. The minimum absolute atomic E-state index is 0.0272. The number of benzene rings is 2. The summed E-state index contributed by atoms with van der Waals surface area (Å²) in [5, 5.41) is 9.75. The van der Waals surface area contributed by atoms with Gasteiger partial charge in [0.2, 0.25) is 5.91 Å². The zero-order valence-corrected chi connectivity index (χ0v) is 21.8. The second kappa shape index (κ2) is 12.2. The zero-order chi connectivity index (χ0) is 26.4. The molecule has 2 aromatic rings. The Morgan fingerprint density at radius 3 is 2.51 bits per heavy atom. The van der Waals surface area contributed by atoms with Gasteiger partial charge in [0.05, 0.1) is 23.3 Å². The highest BCUT2D eigenvalue weighted by Gasteiger charge is 2.33. The molecule has 4 rings (SSSR count). The number of nitriles is 1. The molecule has 0 spiro atoms. The Bertz CT molecular complexity index is 1130. The van der Waals surface area contributed by atoms with Gasteiger partial charge in [-0.15, -0.1) is 0 Å². The summed E-state index contributed by atoms with van der Waals surface area (Å²) in [6.07, 6.45) is 2.07. The molecule has 4 atom stereocenters. The van der Waals surface area contributed by atoms with E-state index in [4.69, 9.17) is 14.2 Å². The van der Waals surface area contributed by atoms with Gasteiger partial charge in [-0.3, -0.25) is 9.59 Å². The molecule has 0 N–H and O–H groups in total. The fraction of sp³-hybridized carbons (Fsp3) is 0.483. The summed E-state index contributed by atoms with van der Waals surface area (Å²) in [6.45, 7) is 1.07. The third-order valence-electron chi connectivity index (χ3n) is 7.36. The van der Waals surface area contributed by atoms with Crippen molar-refractivity contribution in [2.75, 3.05) is 40.9 Å². The molecule has 196 valence electrons. The first kappa shape index (κ1) is 26.6. The van der Waals surface area contributed by atoms with Crippen LogP contribution in [0.25, 0.3) is 0 Å². The van der Waals surface area contributed by atoms with Crippen LogP contribution in [0.1, 0.15) is 53.1 Å². The molecule has 37 heavy (non-hydrogen) atoms.